The number of rotatable bonds is 8. The highest BCUT2D eigenvalue weighted by molar-refractivity contribution is 7.07. The summed E-state index contributed by atoms with van der Waals surface area (Å²) in [6.45, 7) is 12.6. The summed E-state index contributed by atoms with van der Waals surface area (Å²) in [6.07, 6.45) is 2.03. The van der Waals surface area contributed by atoms with Crippen molar-refractivity contribution in [3.8, 4) is 0 Å². The molecule has 1 aliphatic heterocycles. The molecule has 0 unspecified atom stereocenters. The first-order valence-electron chi connectivity index (χ1n) is 10.4. The third-order valence-corrected chi connectivity index (χ3v) is 6.09. The Balaban J connectivity index is 1.62. The van der Waals surface area contributed by atoms with Gasteiger partial charge in [-0.05, 0) is 61.5 Å². The molecule has 29 heavy (non-hydrogen) atoms. The van der Waals surface area contributed by atoms with Crippen LogP contribution in [0.25, 0.3) is 0 Å². The van der Waals surface area contributed by atoms with E-state index >= 15 is 0 Å². The fourth-order valence-electron chi connectivity index (χ4n) is 3.95. The van der Waals surface area contributed by atoms with E-state index < -0.39 is 0 Å². The lowest BCUT2D eigenvalue weighted by Gasteiger charge is -2.36. The zero-order chi connectivity index (χ0) is 20.8. The number of amides is 1. The summed E-state index contributed by atoms with van der Waals surface area (Å²) < 4.78 is 5.79. The number of ether oxygens (including phenoxy) is 1. The van der Waals surface area contributed by atoms with E-state index in [1.54, 1.807) is 17.5 Å². The van der Waals surface area contributed by atoms with Gasteiger partial charge in [0.15, 0.2) is 0 Å². The van der Waals surface area contributed by atoms with E-state index in [1.807, 2.05) is 12.1 Å². The van der Waals surface area contributed by atoms with Crippen LogP contribution in [0, 0.1) is 0 Å². The van der Waals surface area contributed by atoms with Crippen LogP contribution in [0.3, 0.4) is 0 Å². The lowest BCUT2D eigenvalue weighted by molar-refractivity contribution is -0.00546. The fraction of sp³-hybridized carbons (Fsp3) is 0.545. The van der Waals surface area contributed by atoms with Gasteiger partial charge in [0.1, 0.15) is 5.82 Å². The summed E-state index contributed by atoms with van der Waals surface area (Å²) in [7, 11) is 0. The standard InChI is InChI=1S/C22H32N4O2S/c1-5-25(6-2)20(19-9-10-29-15-19)12-24-22(27)18-7-8-21(23-11-18)26-13-16(3)28-17(4)14-26/h7-11,15-17,20H,5-6,12-14H2,1-4H3,(H,24,27)/t16-,17-,20+/m0/s1. The third-order valence-electron chi connectivity index (χ3n) is 5.39. The number of thiophene rings is 1. The number of nitrogens with one attached hydrogen (secondary N) is 1. The van der Waals surface area contributed by atoms with Gasteiger partial charge in [-0.3, -0.25) is 9.69 Å². The molecule has 1 fully saturated rings. The summed E-state index contributed by atoms with van der Waals surface area (Å²) in [5.74, 6) is 0.808. The van der Waals surface area contributed by atoms with Crippen LogP contribution in [0.1, 0.15) is 49.7 Å². The lowest BCUT2D eigenvalue weighted by Crippen LogP contribution is -2.45. The Morgan fingerprint density at radius 1 is 1.28 bits per heavy atom. The van der Waals surface area contributed by atoms with Gasteiger partial charge in [-0.2, -0.15) is 11.3 Å². The number of carbonyl (C=O) groups excluding carboxylic acids is 1. The third kappa shape index (κ3) is 5.56. The maximum Gasteiger partial charge on any atom is 0.252 e. The molecule has 0 radical (unpaired) electrons. The van der Waals surface area contributed by atoms with Crippen LogP contribution in [0.5, 0.6) is 0 Å². The van der Waals surface area contributed by atoms with Crippen molar-refractivity contribution in [1.82, 2.24) is 15.2 Å². The van der Waals surface area contributed by atoms with E-state index in [1.165, 1.54) is 5.56 Å². The Morgan fingerprint density at radius 2 is 2.00 bits per heavy atom. The predicted octanol–water partition coefficient (Wildman–Crippen LogP) is 3.57. The average Bonchev–Trinajstić information content (AvgIpc) is 3.25. The number of likely N-dealkylation sites (N-methyl/N-ethyl adjacent to an activating group) is 1. The van der Waals surface area contributed by atoms with Crippen molar-refractivity contribution in [3.05, 3.63) is 46.3 Å². The SMILES string of the molecule is CCN(CC)[C@H](CNC(=O)c1ccc(N2C[C@H](C)O[C@@H](C)C2)nc1)c1ccsc1. The normalized spacial score (nSPS) is 20.7. The van der Waals surface area contributed by atoms with Crippen molar-refractivity contribution in [1.29, 1.82) is 0 Å². The molecule has 0 aliphatic carbocycles. The molecule has 6 nitrogen and oxygen atoms in total. The van der Waals surface area contributed by atoms with Gasteiger partial charge in [0.2, 0.25) is 0 Å². The van der Waals surface area contributed by atoms with Crippen molar-refractivity contribution in [2.75, 3.05) is 37.6 Å². The van der Waals surface area contributed by atoms with E-state index in [2.05, 4.69) is 64.6 Å². The Kier molecular flexibility index (Phi) is 7.64. The summed E-state index contributed by atoms with van der Waals surface area (Å²) in [5.41, 5.74) is 1.84. The Hall–Kier alpha value is -1.96. The van der Waals surface area contributed by atoms with Gasteiger partial charge in [-0.15, -0.1) is 0 Å². The molecule has 7 heteroatoms. The van der Waals surface area contributed by atoms with E-state index in [-0.39, 0.29) is 24.2 Å². The zero-order valence-corrected chi connectivity index (χ0v) is 18.6. The van der Waals surface area contributed by atoms with E-state index in [0.29, 0.717) is 12.1 Å². The molecule has 1 saturated heterocycles. The average molecular weight is 417 g/mol. The van der Waals surface area contributed by atoms with Crippen molar-refractivity contribution in [3.63, 3.8) is 0 Å². The molecule has 1 aliphatic rings. The number of anilines is 1. The quantitative estimate of drug-likeness (QED) is 0.713. The van der Waals surface area contributed by atoms with Crippen molar-refractivity contribution >= 4 is 23.1 Å². The van der Waals surface area contributed by atoms with Gasteiger partial charge in [-0.1, -0.05) is 13.8 Å². The van der Waals surface area contributed by atoms with Gasteiger partial charge in [0.05, 0.1) is 23.8 Å². The Bertz CT molecular complexity index is 752. The van der Waals surface area contributed by atoms with Gasteiger partial charge >= 0.3 is 0 Å². The Labute approximate surface area is 177 Å². The smallest absolute Gasteiger partial charge is 0.252 e. The molecule has 3 rings (SSSR count). The monoisotopic (exact) mass is 416 g/mol. The minimum Gasteiger partial charge on any atom is -0.372 e. The van der Waals surface area contributed by atoms with Gasteiger partial charge in [-0.25, -0.2) is 4.98 Å². The number of hydrogen-bond donors (Lipinski definition) is 1. The summed E-state index contributed by atoms with van der Waals surface area (Å²) >= 11 is 1.69. The van der Waals surface area contributed by atoms with E-state index in [4.69, 9.17) is 4.74 Å². The number of hydrogen-bond acceptors (Lipinski definition) is 6. The number of nitrogens with zero attached hydrogens (tertiary/aromatic N) is 3. The maximum absolute atomic E-state index is 12.7. The second-order valence-electron chi connectivity index (χ2n) is 7.57. The highest BCUT2D eigenvalue weighted by Crippen LogP contribution is 2.23. The summed E-state index contributed by atoms with van der Waals surface area (Å²) in [6, 6.07) is 6.11. The van der Waals surface area contributed by atoms with Crippen molar-refractivity contribution in [2.24, 2.45) is 0 Å². The number of carbonyl (C=O) groups is 1. The van der Waals surface area contributed by atoms with Crippen LogP contribution in [-0.4, -0.2) is 60.7 Å². The Morgan fingerprint density at radius 3 is 2.55 bits per heavy atom. The van der Waals surface area contributed by atoms with Crippen LogP contribution in [0.15, 0.2) is 35.2 Å². The van der Waals surface area contributed by atoms with Crippen LogP contribution >= 0.6 is 11.3 Å². The molecule has 3 heterocycles. The molecule has 2 aromatic heterocycles. The highest BCUT2D eigenvalue weighted by atomic mass is 32.1. The van der Waals surface area contributed by atoms with Crippen LogP contribution in [0.4, 0.5) is 5.82 Å². The van der Waals surface area contributed by atoms with E-state index in [0.717, 1.165) is 32.0 Å². The number of aromatic nitrogens is 1. The maximum atomic E-state index is 12.7. The van der Waals surface area contributed by atoms with Crippen LogP contribution in [0.2, 0.25) is 0 Å². The summed E-state index contributed by atoms with van der Waals surface area (Å²) in [5, 5.41) is 7.35. The lowest BCUT2D eigenvalue weighted by atomic mass is 10.1. The largest absolute Gasteiger partial charge is 0.372 e. The molecule has 158 valence electrons. The number of morpholine rings is 1. The molecule has 2 aromatic rings. The second-order valence-corrected chi connectivity index (χ2v) is 8.35. The number of pyridine rings is 1. The molecule has 1 amide bonds. The molecular formula is C22H32N4O2S. The van der Waals surface area contributed by atoms with Gasteiger partial charge in [0.25, 0.3) is 5.91 Å². The zero-order valence-electron chi connectivity index (χ0n) is 17.8. The van der Waals surface area contributed by atoms with Crippen molar-refractivity contribution < 1.29 is 9.53 Å². The first-order chi connectivity index (χ1) is 14.0. The molecular weight excluding hydrogens is 384 g/mol. The molecule has 3 atom stereocenters. The van der Waals surface area contributed by atoms with Crippen LogP contribution < -0.4 is 10.2 Å². The van der Waals surface area contributed by atoms with Gasteiger partial charge in [0, 0.05) is 25.8 Å². The van der Waals surface area contributed by atoms with E-state index in [9.17, 15) is 4.79 Å². The topological polar surface area (TPSA) is 57.7 Å². The fourth-order valence-corrected chi connectivity index (χ4v) is 4.66. The van der Waals surface area contributed by atoms with Gasteiger partial charge < -0.3 is 15.0 Å². The molecule has 1 N–H and O–H groups in total. The van der Waals surface area contributed by atoms with Crippen LogP contribution in [-0.2, 0) is 4.74 Å². The minimum atomic E-state index is -0.0832. The van der Waals surface area contributed by atoms with Crippen molar-refractivity contribution in [2.45, 2.75) is 45.9 Å². The molecule has 0 bridgehead atoms. The molecule has 0 spiro atoms. The second kappa shape index (κ2) is 10.2. The minimum absolute atomic E-state index is 0.0832. The first-order valence-corrected chi connectivity index (χ1v) is 11.4. The first kappa shape index (κ1) is 21.7. The highest BCUT2D eigenvalue weighted by Gasteiger charge is 2.23. The molecule has 0 aromatic carbocycles. The molecule has 0 saturated carbocycles. The summed E-state index contributed by atoms with van der Waals surface area (Å²) in [4.78, 5) is 21.8. The predicted molar refractivity (Wildman–Crippen MR) is 119 cm³/mol.